The number of nitrogens with two attached hydrogens (primary N) is 1. The minimum atomic E-state index is 0.381. The number of hydrogen-bond acceptors (Lipinski definition) is 4. The maximum absolute atomic E-state index is 5.85. The van der Waals surface area contributed by atoms with Gasteiger partial charge in [-0.05, 0) is 14.0 Å². The molecule has 1 aromatic rings. The van der Waals surface area contributed by atoms with E-state index < -0.39 is 0 Å². The number of imidazole rings is 1. The van der Waals surface area contributed by atoms with E-state index in [4.69, 9.17) is 5.73 Å². The molecule has 2 N–H and O–H groups in total. The summed E-state index contributed by atoms with van der Waals surface area (Å²) in [7, 11) is 2.15. The molecule has 2 rings (SSSR count). The average Bonchev–Trinajstić information content (AvgIpc) is 2.76. The third kappa shape index (κ3) is 2.05. The van der Waals surface area contributed by atoms with Crippen LogP contribution in [0.5, 0.6) is 0 Å². The van der Waals surface area contributed by atoms with Gasteiger partial charge in [0, 0.05) is 45.1 Å². The van der Waals surface area contributed by atoms with E-state index in [1.807, 2.05) is 12.4 Å². The van der Waals surface area contributed by atoms with E-state index in [2.05, 4.69) is 33.3 Å². The summed E-state index contributed by atoms with van der Waals surface area (Å²) in [5.41, 5.74) is 5.85. The number of piperazine rings is 1. The third-order valence-corrected chi connectivity index (χ3v) is 3.25. The molecule has 1 atom stereocenters. The van der Waals surface area contributed by atoms with E-state index in [1.165, 1.54) is 0 Å². The number of aryl methyl sites for hydroxylation is 1. The van der Waals surface area contributed by atoms with E-state index in [0.29, 0.717) is 12.6 Å². The molecule has 16 heavy (non-hydrogen) atoms. The molecule has 0 radical (unpaired) electrons. The summed E-state index contributed by atoms with van der Waals surface area (Å²) < 4.78 is 2.17. The Morgan fingerprint density at radius 2 is 2.31 bits per heavy atom. The van der Waals surface area contributed by atoms with Crippen molar-refractivity contribution in [1.29, 1.82) is 0 Å². The first-order chi connectivity index (χ1) is 7.76. The molecule has 1 saturated heterocycles. The minimum absolute atomic E-state index is 0.381. The van der Waals surface area contributed by atoms with Gasteiger partial charge in [0.2, 0.25) is 5.95 Å². The summed E-state index contributed by atoms with van der Waals surface area (Å²) >= 11 is 0. The predicted octanol–water partition coefficient (Wildman–Crippen LogP) is -0.0179. The first-order valence-corrected chi connectivity index (χ1v) is 5.92. The molecule has 5 heteroatoms. The molecule has 0 amide bonds. The Morgan fingerprint density at radius 3 is 3.00 bits per heavy atom. The van der Waals surface area contributed by atoms with Crippen molar-refractivity contribution >= 4 is 5.95 Å². The quantitative estimate of drug-likeness (QED) is 0.782. The summed E-state index contributed by atoms with van der Waals surface area (Å²) in [6.45, 7) is 6.88. The Morgan fingerprint density at radius 1 is 1.50 bits per heavy atom. The average molecular weight is 223 g/mol. The smallest absolute Gasteiger partial charge is 0.205 e. The molecule has 0 saturated carbocycles. The van der Waals surface area contributed by atoms with Crippen molar-refractivity contribution in [3.05, 3.63) is 12.4 Å². The summed E-state index contributed by atoms with van der Waals surface area (Å²) in [6.07, 6.45) is 3.89. The summed E-state index contributed by atoms with van der Waals surface area (Å²) in [4.78, 5) is 9.11. The lowest BCUT2D eigenvalue weighted by molar-refractivity contribution is 0.266. The van der Waals surface area contributed by atoms with Crippen molar-refractivity contribution in [2.24, 2.45) is 5.73 Å². The molecule has 0 spiro atoms. The Kier molecular flexibility index (Phi) is 3.46. The molecule has 90 valence electrons. The van der Waals surface area contributed by atoms with Crippen LogP contribution in [0.3, 0.4) is 0 Å². The van der Waals surface area contributed by atoms with Crippen molar-refractivity contribution in [3.8, 4) is 0 Å². The zero-order valence-corrected chi connectivity index (χ0v) is 10.1. The lowest BCUT2D eigenvalue weighted by atomic mass is 10.2. The van der Waals surface area contributed by atoms with E-state index >= 15 is 0 Å². The first kappa shape index (κ1) is 11.4. The largest absolute Gasteiger partial charge is 0.335 e. The molecule has 1 aliphatic heterocycles. The van der Waals surface area contributed by atoms with E-state index in [0.717, 1.165) is 32.1 Å². The van der Waals surface area contributed by atoms with Crippen LogP contribution in [0.1, 0.15) is 6.92 Å². The summed E-state index contributed by atoms with van der Waals surface area (Å²) in [5.74, 6) is 1.06. The van der Waals surface area contributed by atoms with Crippen LogP contribution < -0.4 is 10.6 Å². The Labute approximate surface area is 96.8 Å². The lowest BCUT2D eigenvalue weighted by Gasteiger charge is -2.40. The summed E-state index contributed by atoms with van der Waals surface area (Å²) in [6, 6.07) is 0.381. The molecule has 0 aliphatic carbocycles. The molecule has 0 aromatic carbocycles. The van der Waals surface area contributed by atoms with Gasteiger partial charge < -0.3 is 20.1 Å². The first-order valence-electron chi connectivity index (χ1n) is 5.92. The lowest BCUT2D eigenvalue weighted by Crippen LogP contribution is -2.55. The monoisotopic (exact) mass is 223 g/mol. The fourth-order valence-electron chi connectivity index (χ4n) is 2.28. The molecular weight excluding hydrogens is 202 g/mol. The van der Waals surface area contributed by atoms with Gasteiger partial charge in [-0.1, -0.05) is 0 Å². The zero-order valence-electron chi connectivity index (χ0n) is 10.1. The molecule has 2 heterocycles. The normalized spacial score (nSPS) is 22.7. The molecule has 1 aromatic heterocycles. The second kappa shape index (κ2) is 4.84. The maximum atomic E-state index is 5.85. The van der Waals surface area contributed by atoms with Gasteiger partial charge in [-0.15, -0.1) is 0 Å². The van der Waals surface area contributed by atoms with Gasteiger partial charge in [0.1, 0.15) is 0 Å². The summed E-state index contributed by atoms with van der Waals surface area (Å²) in [5, 5.41) is 0. The molecule has 0 bridgehead atoms. The molecule has 1 unspecified atom stereocenters. The third-order valence-electron chi connectivity index (χ3n) is 3.25. The SMILES string of the molecule is CCn1ccnc1N1CCN(C)CC1CN. The van der Waals surface area contributed by atoms with E-state index in [9.17, 15) is 0 Å². The molecular formula is C11H21N5. The van der Waals surface area contributed by atoms with Crippen LogP contribution in [0.15, 0.2) is 12.4 Å². The van der Waals surface area contributed by atoms with Gasteiger partial charge in [0.15, 0.2) is 0 Å². The van der Waals surface area contributed by atoms with E-state index in [-0.39, 0.29) is 0 Å². The highest BCUT2D eigenvalue weighted by Gasteiger charge is 2.26. The Balaban J connectivity index is 2.19. The van der Waals surface area contributed by atoms with Crippen LogP contribution >= 0.6 is 0 Å². The second-order valence-electron chi connectivity index (χ2n) is 4.36. The van der Waals surface area contributed by atoms with Crippen LogP contribution in [0, 0.1) is 0 Å². The van der Waals surface area contributed by atoms with Crippen molar-refractivity contribution in [2.75, 3.05) is 38.1 Å². The van der Waals surface area contributed by atoms with Gasteiger partial charge in [-0.3, -0.25) is 0 Å². The molecule has 1 aliphatic rings. The van der Waals surface area contributed by atoms with Crippen molar-refractivity contribution in [3.63, 3.8) is 0 Å². The van der Waals surface area contributed by atoms with Crippen LogP contribution in [0.25, 0.3) is 0 Å². The fourth-order valence-corrected chi connectivity index (χ4v) is 2.28. The number of rotatable bonds is 3. The van der Waals surface area contributed by atoms with Crippen LogP contribution in [0.2, 0.25) is 0 Å². The Bertz CT molecular complexity index is 335. The van der Waals surface area contributed by atoms with Gasteiger partial charge >= 0.3 is 0 Å². The van der Waals surface area contributed by atoms with Gasteiger partial charge in [0.05, 0.1) is 6.04 Å². The van der Waals surface area contributed by atoms with Gasteiger partial charge in [-0.2, -0.15) is 0 Å². The van der Waals surface area contributed by atoms with Gasteiger partial charge in [-0.25, -0.2) is 4.98 Å². The number of likely N-dealkylation sites (N-methyl/N-ethyl adjacent to an activating group) is 1. The number of anilines is 1. The Hall–Kier alpha value is -1.07. The second-order valence-corrected chi connectivity index (χ2v) is 4.36. The molecule has 1 fully saturated rings. The van der Waals surface area contributed by atoms with Crippen LogP contribution in [-0.4, -0.2) is 53.7 Å². The van der Waals surface area contributed by atoms with E-state index in [1.54, 1.807) is 0 Å². The number of hydrogen-bond donors (Lipinski definition) is 1. The highest BCUT2D eigenvalue weighted by atomic mass is 15.4. The predicted molar refractivity (Wildman–Crippen MR) is 65.6 cm³/mol. The zero-order chi connectivity index (χ0) is 11.5. The standard InChI is InChI=1S/C11H21N5/c1-3-15-5-4-13-11(15)16-7-6-14(2)9-10(16)8-12/h4-5,10H,3,6-9,12H2,1-2H3. The van der Waals surface area contributed by atoms with Crippen LogP contribution in [-0.2, 0) is 6.54 Å². The highest BCUT2D eigenvalue weighted by molar-refractivity contribution is 5.34. The van der Waals surface area contributed by atoms with Crippen molar-refractivity contribution in [1.82, 2.24) is 14.5 Å². The molecule has 5 nitrogen and oxygen atoms in total. The number of aromatic nitrogens is 2. The topological polar surface area (TPSA) is 50.3 Å². The van der Waals surface area contributed by atoms with Crippen molar-refractivity contribution < 1.29 is 0 Å². The highest BCUT2D eigenvalue weighted by Crippen LogP contribution is 2.17. The van der Waals surface area contributed by atoms with Crippen LogP contribution in [0.4, 0.5) is 5.95 Å². The maximum Gasteiger partial charge on any atom is 0.205 e. The number of nitrogens with zero attached hydrogens (tertiary/aromatic N) is 4. The minimum Gasteiger partial charge on any atom is -0.335 e. The van der Waals surface area contributed by atoms with Crippen molar-refractivity contribution in [2.45, 2.75) is 19.5 Å². The van der Waals surface area contributed by atoms with Gasteiger partial charge in [0.25, 0.3) is 0 Å². The fraction of sp³-hybridized carbons (Fsp3) is 0.727.